The van der Waals surface area contributed by atoms with Gasteiger partial charge in [0.05, 0.1) is 6.54 Å². The summed E-state index contributed by atoms with van der Waals surface area (Å²) in [6.07, 6.45) is 5.78. The van der Waals surface area contributed by atoms with Crippen LogP contribution in [0.15, 0.2) is 0 Å². The molecule has 84 valence electrons. The van der Waals surface area contributed by atoms with E-state index in [1.54, 1.807) is 7.05 Å². The molecule has 15 heavy (non-hydrogen) atoms. The van der Waals surface area contributed by atoms with Crippen LogP contribution in [0.25, 0.3) is 0 Å². The lowest BCUT2D eigenvalue weighted by molar-refractivity contribution is -0.137. The van der Waals surface area contributed by atoms with Gasteiger partial charge in [-0.15, -0.1) is 6.42 Å². The van der Waals surface area contributed by atoms with Crippen molar-refractivity contribution in [3.05, 3.63) is 0 Å². The molecule has 2 amide bonds. The van der Waals surface area contributed by atoms with Crippen LogP contribution in [-0.4, -0.2) is 53.6 Å². The van der Waals surface area contributed by atoms with Crippen molar-refractivity contribution in [3.8, 4) is 12.3 Å². The first-order chi connectivity index (χ1) is 7.02. The van der Waals surface area contributed by atoms with Crippen LogP contribution in [-0.2, 0) is 4.79 Å². The molecule has 0 saturated carbocycles. The van der Waals surface area contributed by atoms with Crippen molar-refractivity contribution < 1.29 is 14.7 Å². The van der Waals surface area contributed by atoms with Crippen molar-refractivity contribution in [2.75, 3.05) is 26.7 Å². The van der Waals surface area contributed by atoms with Gasteiger partial charge in [-0.25, -0.2) is 4.79 Å². The third-order valence-electron chi connectivity index (χ3n) is 1.75. The number of hydrogen-bond donors (Lipinski definition) is 1. The van der Waals surface area contributed by atoms with E-state index in [0.29, 0.717) is 13.0 Å². The van der Waals surface area contributed by atoms with Gasteiger partial charge in [-0.05, 0) is 6.42 Å². The van der Waals surface area contributed by atoms with Crippen LogP contribution in [0, 0.1) is 12.3 Å². The number of carboxylic acids is 1. The van der Waals surface area contributed by atoms with E-state index in [9.17, 15) is 9.59 Å². The summed E-state index contributed by atoms with van der Waals surface area (Å²) in [6, 6.07) is -0.350. The molecule has 0 aromatic heterocycles. The maximum Gasteiger partial charge on any atom is 0.323 e. The quantitative estimate of drug-likeness (QED) is 0.674. The summed E-state index contributed by atoms with van der Waals surface area (Å²) in [6.45, 7) is 2.18. The fourth-order valence-corrected chi connectivity index (χ4v) is 1.12. The first-order valence-corrected chi connectivity index (χ1v) is 4.68. The Hall–Kier alpha value is -1.70. The zero-order valence-corrected chi connectivity index (χ0v) is 9.06. The zero-order valence-electron chi connectivity index (χ0n) is 9.06. The van der Waals surface area contributed by atoms with Crippen LogP contribution in [0.1, 0.15) is 13.3 Å². The van der Waals surface area contributed by atoms with E-state index < -0.39 is 5.97 Å². The van der Waals surface area contributed by atoms with Crippen LogP contribution in [0.5, 0.6) is 0 Å². The summed E-state index contributed by atoms with van der Waals surface area (Å²) < 4.78 is 0. The zero-order chi connectivity index (χ0) is 11.8. The molecule has 0 atom stereocenters. The van der Waals surface area contributed by atoms with Crippen molar-refractivity contribution in [3.63, 3.8) is 0 Å². The van der Waals surface area contributed by atoms with Gasteiger partial charge in [-0.2, -0.15) is 0 Å². The second-order valence-electron chi connectivity index (χ2n) is 3.16. The summed E-state index contributed by atoms with van der Waals surface area (Å²) in [5.41, 5.74) is 0. The number of carbonyl (C=O) groups excluding carboxylic acids is 1. The van der Waals surface area contributed by atoms with Crippen molar-refractivity contribution in [2.45, 2.75) is 13.3 Å². The Morgan fingerprint density at radius 3 is 2.47 bits per heavy atom. The fraction of sp³-hybridized carbons (Fsp3) is 0.600. The van der Waals surface area contributed by atoms with Gasteiger partial charge in [0.25, 0.3) is 0 Å². The minimum Gasteiger partial charge on any atom is -0.480 e. The average molecular weight is 212 g/mol. The van der Waals surface area contributed by atoms with Crippen LogP contribution >= 0.6 is 0 Å². The molecule has 0 aromatic rings. The first-order valence-electron chi connectivity index (χ1n) is 4.68. The summed E-state index contributed by atoms with van der Waals surface area (Å²) in [4.78, 5) is 24.7. The maximum absolute atomic E-state index is 11.7. The molecular weight excluding hydrogens is 196 g/mol. The molecule has 5 heteroatoms. The predicted molar refractivity (Wildman–Crippen MR) is 56.4 cm³/mol. The molecule has 1 N–H and O–H groups in total. The van der Waals surface area contributed by atoms with Crippen LogP contribution < -0.4 is 0 Å². The number of aliphatic carboxylic acids is 1. The Kier molecular flexibility index (Phi) is 5.95. The molecular formula is C10H16N2O3. The molecule has 0 heterocycles. The molecule has 0 aliphatic heterocycles. The highest BCUT2D eigenvalue weighted by Gasteiger charge is 2.18. The van der Waals surface area contributed by atoms with Gasteiger partial charge in [0.1, 0.15) is 6.54 Å². The highest BCUT2D eigenvalue weighted by Crippen LogP contribution is 1.98. The van der Waals surface area contributed by atoms with Crippen molar-refractivity contribution >= 4 is 12.0 Å². The number of nitrogens with zero attached hydrogens (tertiary/aromatic N) is 2. The number of urea groups is 1. The SMILES string of the molecule is C#CCN(C)C(=O)N(CCC)CC(=O)O. The van der Waals surface area contributed by atoms with E-state index in [1.807, 2.05) is 6.92 Å². The standard InChI is InChI=1S/C10H16N2O3/c1-4-6-11(3)10(15)12(7-5-2)8-9(13)14/h1H,5-8H2,2-3H3,(H,13,14). The normalized spacial score (nSPS) is 9.13. The highest BCUT2D eigenvalue weighted by atomic mass is 16.4. The molecule has 0 fully saturated rings. The Morgan fingerprint density at radius 2 is 2.07 bits per heavy atom. The molecule has 0 spiro atoms. The third kappa shape index (κ3) is 4.91. The number of amides is 2. The fourth-order valence-electron chi connectivity index (χ4n) is 1.12. The van der Waals surface area contributed by atoms with Gasteiger partial charge in [-0.3, -0.25) is 4.79 Å². The van der Waals surface area contributed by atoms with Crippen LogP contribution in [0.3, 0.4) is 0 Å². The monoisotopic (exact) mass is 212 g/mol. The van der Waals surface area contributed by atoms with E-state index in [2.05, 4.69) is 5.92 Å². The Morgan fingerprint density at radius 1 is 1.47 bits per heavy atom. The van der Waals surface area contributed by atoms with E-state index in [-0.39, 0.29) is 19.1 Å². The number of terminal acetylenes is 1. The molecule has 0 rings (SSSR count). The Labute approximate surface area is 89.7 Å². The summed E-state index contributed by atoms with van der Waals surface area (Å²) >= 11 is 0. The molecule has 0 saturated heterocycles. The molecule has 0 bridgehead atoms. The first kappa shape index (κ1) is 13.3. The lowest BCUT2D eigenvalue weighted by Crippen LogP contribution is -2.44. The molecule has 5 nitrogen and oxygen atoms in total. The van der Waals surface area contributed by atoms with Gasteiger partial charge in [-0.1, -0.05) is 12.8 Å². The van der Waals surface area contributed by atoms with Crippen LogP contribution in [0.2, 0.25) is 0 Å². The average Bonchev–Trinajstić information content (AvgIpc) is 2.16. The number of rotatable bonds is 5. The third-order valence-corrected chi connectivity index (χ3v) is 1.75. The predicted octanol–water partition coefficient (Wildman–Crippen LogP) is 0.468. The van der Waals surface area contributed by atoms with Gasteiger partial charge >= 0.3 is 12.0 Å². The van der Waals surface area contributed by atoms with E-state index in [0.717, 1.165) is 0 Å². The largest absolute Gasteiger partial charge is 0.480 e. The van der Waals surface area contributed by atoms with Crippen molar-refractivity contribution in [2.24, 2.45) is 0 Å². The lowest BCUT2D eigenvalue weighted by atomic mass is 10.4. The summed E-state index contributed by atoms with van der Waals surface area (Å²) in [5, 5.41) is 8.62. The van der Waals surface area contributed by atoms with Gasteiger partial charge in [0, 0.05) is 13.6 Å². The Bertz CT molecular complexity index is 270. The van der Waals surface area contributed by atoms with Crippen molar-refractivity contribution in [1.82, 2.24) is 9.80 Å². The highest BCUT2D eigenvalue weighted by molar-refractivity contribution is 5.80. The van der Waals surface area contributed by atoms with E-state index in [4.69, 9.17) is 11.5 Å². The van der Waals surface area contributed by atoms with Gasteiger partial charge in [0.2, 0.25) is 0 Å². The van der Waals surface area contributed by atoms with E-state index in [1.165, 1.54) is 9.80 Å². The Balaban J connectivity index is 4.41. The molecule has 0 aromatic carbocycles. The lowest BCUT2D eigenvalue weighted by Gasteiger charge is -2.25. The number of carboxylic acid groups (broad SMARTS) is 1. The number of carbonyl (C=O) groups is 2. The topological polar surface area (TPSA) is 60.9 Å². The van der Waals surface area contributed by atoms with Gasteiger partial charge < -0.3 is 14.9 Å². The molecule has 0 radical (unpaired) electrons. The summed E-state index contributed by atoms with van der Waals surface area (Å²) in [7, 11) is 1.55. The summed E-state index contributed by atoms with van der Waals surface area (Å²) in [5.74, 6) is 1.31. The van der Waals surface area contributed by atoms with E-state index >= 15 is 0 Å². The molecule has 0 aliphatic rings. The second-order valence-corrected chi connectivity index (χ2v) is 3.16. The minimum atomic E-state index is -1.02. The van der Waals surface area contributed by atoms with Gasteiger partial charge in [0.15, 0.2) is 0 Å². The van der Waals surface area contributed by atoms with Crippen LogP contribution in [0.4, 0.5) is 4.79 Å². The van der Waals surface area contributed by atoms with Crippen molar-refractivity contribution in [1.29, 1.82) is 0 Å². The second kappa shape index (κ2) is 6.71. The number of hydrogen-bond acceptors (Lipinski definition) is 2. The molecule has 0 aliphatic carbocycles. The smallest absolute Gasteiger partial charge is 0.323 e. The minimum absolute atomic E-state index is 0.179. The molecule has 0 unspecified atom stereocenters. The maximum atomic E-state index is 11.7.